The van der Waals surface area contributed by atoms with Crippen molar-refractivity contribution in [3.63, 3.8) is 0 Å². The standard InChI is InChI=1S/C21H17ClN4O3S/c1-14-2-7-18(22)19(10-14)30(28,29)17-5-3-15(4-6-17)11-24-20(27)16-12-25-21-23-8-9-26(21)13-16/h2-10,12-13H,11H2,1H3,(H,24,27). The number of halogens is 1. The van der Waals surface area contributed by atoms with Crippen molar-refractivity contribution in [1.82, 2.24) is 19.7 Å². The number of aromatic nitrogens is 3. The van der Waals surface area contributed by atoms with Crippen LogP contribution < -0.4 is 5.32 Å². The van der Waals surface area contributed by atoms with E-state index in [1.165, 1.54) is 18.3 Å². The molecular weight excluding hydrogens is 424 g/mol. The van der Waals surface area contributed by atoms with Crippen LogP contribution >= 0.6 is 11.6 Å². The van der Waals surface area contributed by atoms with Crippen molar-refractivity contribution in [2.75, 3.05) is 0 Å². The Kier molecular flexibility index (Phi) is 5.27. The number of hydrogen-bond acceptors (Lipinski definition) is 5. The van der Waals surface area contributed by atoms with Crippen LogP contribution in [-0.4, -0.2) is 28.7 Å². The summed E-state index contributed by atoms with van der Waals surface area (Å²) in [7, 11) is -3.73. The molecule has 0 saturated heterocycles. The number of carbonyl (C=O) groups is 1. The first-order valence-electron chi connectivity index (χ1n) is 9.02. The van der Waals surface area contributed by atoms with Crippen LogP contribution in [0.3, 0.4) is 0 Å². The highest BCUT2D eigenvalue weighted by molar-refractivity contribution is 7.91. The molecule has 7 nitrogen and oxygen atoms in total. The lowest BCUT2D eigenvalue weighted by molar-refractivity contribution is 0.0950. The Morgan fingerprint density at radius 3 is 2.67 bits per heavy atom. The smallest absolute Gasteiger partial charge is 0.254 e. The maximum Gasteiger partial charge on any atom is 0.254 e. The van der Waals surface area contributed by atoms with Crippen molar-refractivity contribution in [3.05, 3.63) is 89.0 Å². The third-order valence-electron chi connectivity index (χ3n) is 4.57. The number of fused-ring (bicyclic) bond motifs is 1. The van der Waals surface area contributed by atoms with Crippen LogP contribution in [0.1, 0.15) is 21.5 Å². The van der Waals surface area contributed by atoms with Crippen molar-refractivity contribution < 1.29 is 13.2 Å². The quantitative estimate of drug-likeness (QED) is 0.513. The van der Waals surface area contributed by atoms with Crippen LogP contribution in [-0.2, 0) is 16.4 Å². The topological polar surface area (TPSA) is 93.4 Å². The van der Waals surface area contributed by atoms with Gasteiger partial charge in [0, 0.05) is 31.3 Å². The molecule has 2 aromatic heterocycles. The number of imidazole rings is 1. The molecule has 30 heavy (non-hydrogen) atoms. The van der Waals surface area contributed by atoms with E-state index in [0.29, 0.717) is 11.3 Å². The van der Waals surface area contributed by atoms with Gasteiger partial charge in [0.2, 0.25) is 15.6 Å². The van der Waals surface area contributed by atoms with Gasteiger partial charge in [-0.05, 0) is 42.3 Å². The minimum atomic E-state index is -3.73. The molecule has 0 aliphatic carbocycles. The molecule has 1 amide bonds. The molecule has 2 aromatic carbocycles. The van der Waals surface area contributed by atoms with Gasteiger partial charge >= 0.3 is 0 Å². The molecule has 4 aromatic rings. The third kappa shape index (κ3) is 3.92. The normalized spacial score (nSPS) is 11.5. The first-order valence-corrected chi connectivity index (χ1v) is 10.9. The van der Waals surface area contributed by atoms with E-state index < -0.39 is 9.84 Å². The van der Waals surface area contributed by atoms with Gasteiger partial charge < -0.3 is 5.32 Å². The minimum absolute atomic E-state index is 0.0765. The van der Waals surface area contributed by atoms with Gasteiger partial charge in [-0.25, -0.2) is 18.4 Å². The lowest BCUT2D eigenvalue weighted by Crippen LogP contribution is -2.23. The SMILES string of the molecule is Cc1ccc(Cl)c(S(=O)(=O)c2ccc(CNC(=O)c3cnc4nccn4c3)cc2)c1. The lowest BCUT2D eigenvalue weighted by atomic mass is 10.2. The van der Waals surface area contributed by atoms with E-state index >= 15 is 0 Å². The molecule has 0 radical (unpaired) electrons. The number of sulfone groups is 1. The van der Waals surface area contributed by atoms with Crippen LogP contribution in [0.2, 0.25) is 5.02 Å². The van der Waals surface area contributed by atoms with E-state index in [2.05, 4.69) is 15.3 Å². The van der Waals surface area contributed by atoms with Crippen molar-refractivity contribution in [2.45, 2.75) is 23.3 Å². The molecule has 0 aliphatic rings. The predicted octanol–water partition coefficient (Wildman–Crippen LogP) is 3.45. The number of nitrogens with zero attached hydrogens (tertiary/aromatic N) is 3. The molecule has 0 aliphatic heterocycles. The van der Waals surface area contributed by atoms with Gasteiger partial charge in [0.25, 0.3) is 5.91 Å². The van der Waals surface area contributed by atoms with Gasteiger partial charge in [-0.1, -0.05) is 29.8 Å². The number of carbonyl (C=O) groups excluding carboxylic acids is 1. The maximum absolute atomic E-state index is 12.9. The number of aryl methyl sites for hydroxylation is 1. The van der Waals surface area contributed by atoms with Crippen LogP contribution in [0.4, 0.5) is 0 Å². The molecule has 2 heterocycles. The molecule has 0 spiro atoms. The summed E-state index contributed by atoms with van der Waals surface area (Å²) >= 11 is 6.10. The molecule has 0 atom stereocenters. The van der Waals surface area contributed by atoms with Crippen LogP contribution in [0.15, 0.2) is 77.0 Å². The number of rotatable bonds is 5. The second-order valence-corrected chi connectivity index (χ2v) is 9.07. The highest BCUT2D eigenvalue weighted by Crippen LogP contribution is 2.28. The van der Waals surface area contributed by atoms with Gasteiger partial charge in [-0.2, -0.15) is 0 Å². The molecule has 9 heteroatoms. The Hall–Kier alpha value is -3.23. The van der Waals surface area contributed by atoms with Gasteiger partial charge in [-0.3, -0.25) is 9.20 Å². The fraction of sp³-hybridized carbons (Fsp3) is 0.0952. The molecule has 4 rings (SSSR count). The van der Waals surface area contributed by atoms with Crippen molar-refractivity contribution in [1.29, 1.82) is 0 Å². The average molecular weight is 441 g/mol. The molecular formula is C21H17ClN4O3S. The maximum atomic E-state index is 12.9. The Labute approximate surface area is 178 Å². The summed E-state index contributed by atoms with van der Waals surface area (Å²) in [6.45, 7) is 2.05. The monoisotopic (exact) mass is 440 g/mol. The molecule has 152 valence electrons. The highest BCUT2D eigenvalue weighted by Gasteiger charge is 2.21. The minimum Gasteiger partial charge on any atom is -0.348 e. The summed E-state index contributed by atoms with van der Waals surface area (Å²) in [6, 6.07) is 11.2. The predicted molar refractivity (Wildman–Crippen MR) is 112 cm³/mol. The Balaban J connectivity index is 1.48. The zero-order valence-electron chi connectivity index (χ0n) is 15.9. The van der Waals surface area contributed by atoms with E-state index in [1.54, 1.807) is 60.2 Å². The van der Waals surface area contributed by atoms with Crippen LogP contribution in [0, 0.1) is 6.92 Å². The van der Waals surface area contributed by atoms with E-state index in [1.807, 2.05) is 0 Å². The Morgan fingerprint density at radius 2 is 1.90 bits per heavy atom. The fourth-order valence-corrected chi connectivity index (χ4v) is 4.78. The Morgan fingerprint density at radius 1 is 1.13 bits per heavy atom. The number of hydrogen-bond donors (Lipinski definition) is 1. The van der Waals surface area contributed by atoms with Crippen molar-refractivity contribution >= 4 is 33.1 Å². The molecule has 0 bridgehead atoms. The molecule has 0 fully saturated rings. The number of amides is 1. The molecule has 0 unspecified atom stereocenters. The van der Waals surface area contributed by atoms with Gasteiger partial charge in [0.1, 0.15) is 0 Å². The van der Waals surface area contributed by atoms with Crippen LogP contribution in [0.5, 0.6) is 0 Å². The summed E-state index contributed by atoms with van der Waals surface area (Å²) in [4.78, 5) is 20.7. The first kappa shape index (κ1) is 20.1. The molecule has 1 N–H and O–H groups in total. The van der Waals surface area contributed by atoms with E-state index in [0.717, 1.165) is 11.1 Å². The summed E-state index contributed by atoms with van der Waals surface area (Å²) in [5.41, 5.74) is 1.96. The van der Waals surface area contributed by atoms with Gasteiger partial charge in [-0.15, -0.1) is 0 Å². The van der Waals surface area contributed by atoms with Crippen LogP contribution in [0.25, 0.3) is 5.78 Å². The summed E-state index contributed by atoms with van der Waals surface area (Å²) < 4.78 is 27.4. The average Bonchev–Trinajstić information content (AvgIpc) is 3.22. The molecule has 0 saturated carbocycles. The van der Waals surface area contributed by atoms with E-state index in [-0.39, 0.29) is 27.3 Å². The summed E-state index contributed by atoms with van der Waals surface area (Å²) in [5, 5.41) is 2.98. The summed E-state index contributed by atoms with van der Waals surface area (Å²) in [5.74, 6) is 0.221. The van der Waals surface area contributed by atoms with E-state index in [4.69, 9.17) is 11.6 Å². The second kappa shape index (κ2) is 7.89. The van der Waals surface area contributed by atoms with Crippen molar-refractivity contribution in [2.24, 2.45) is 0 Å². The lowest BCUT2D eigenvalue weighted by Gasteiger charge is -2.09. The number of benzene rings is 2. The van der Waals surface area contributed by atoms with Crippen molar-refractivity contribution in [3.8, 4) is 0 Å². The Bertz CT molecular complexity index is 1350. The highest BCUT2D eigenvalue weighted by atomic mass is 35.5. The van der Waals surface area contributed by atoms with Gasteiger partial charge in [0.15, 0.2) is 0 Å². The van der Waals surface area contributed by atoms with Gasteiger partial charge in [0.05, 0.1) is 20.4 Å². The van der Waals surface area contributed by atoms with E-state index in [9.17, 15) is 13.2 Å². The number of nitrogens with one attached hydrogen (secondary N) is 1. The zero-order valence-corrected chi connectivity index (χ0v) is 17.5. The third-order valence-corrected chi connectivity index (χ3v) is 6.82. The zero-order chi connectivity index (χ0) is 21.3. The first-order chi connectivity index (χ1) is 14.3. The fourth-order valence-electron chi connectivity index (χ4n) is 2.95. The second-order valence-electron chi connectivity index (χ2n) is 6.74. The largest absolute Gasteiger partial charge is 0.348 e. The summed E-state index contributed by atoms with van der Waals surface area (Å²) in [6.07, 6.45) is 6.41.